The summed E-state index contributed by atoms with van der Waals surface area (Å²) in [6.45, 7) is 3.11. The predicted molar refractivity (Wildman–Crippen MR) is 142 cm³/mol. The van der Waals surface area contributed by atoms with Crippen LogP contribution in [0.3, 0.4) is 0 Å². The van der Waals surface area contributed by atoms with E-state index in [2.05, 4.69) is 10.2 Å². The van der Waals surface area contributed by atoms with Gasteiger partial charge in [-0.05, 0) is 55.0 Å². The minimum Gasteiger partial charge on any atom is -0.496 e. The number of hydrogen-bond donors (Lipinski definition) is 1. The number of piperazine rings is 1. The standard InChI is InChI=1S/C29H39N3O5/c1-35-24-11-7-6-8-21(24)14-15-30-28(33)27(22-9-4-5-10-22)31-16-18-32(19-17-31)29(34)23-12-13-25(36-2)26(20-23)37-3/h6-8,11-13,20,22,27H,4-5,9-10,14-19H2,1-3H3,(H,30,33)/t27-/m1/s1. The molecule has 0 bridgehead atoms. The van der Waals surface area contributed by atoms with Gasteiger partial charge in [-0.3, -0.25) is 14.5 Å². The molecule has 0 spiro atoms. The SMILES string of the molecule is COc1ccccc1CCNC(=O)[C@@H](C1CCCC1)N1CCN(C(=O)c2ccc(OC)c(OC)c2)CC1. The topological polar surface area (TPSA) is 80.3 Å². The van der Waals surface area contributed by atoms with E-state index >= 15 is 0 Å². The molecular weight excluding hydrogens is 470 g/mol. The number of nitrogens with zero attached hydrogens (tertiary/aromatic N) is 2. The molecule has 2 aromatic carbocycles. The van der Waals surface area contributed by atoms with E-state index in [0.29, 0.717) is 55.7 Å². The number of nitrogens with one attached hydrogen (secondary N) is 1. The van der Waals surface area contributed by atoms with Gasteiger partial charge in [0.15, 0.2) is 11.5 Å². The van der Waals surface area contributed by atoms with Gasteiger partial charge in [0.05, 0.1) is 27.4 Å². The summed E-state index contributed by atoms with van der Waals surface area (Å²) in [5, 5.41) is 3.20. The lowest BCUT2D eigenvalue weighted by Gasteiger charge is -2.40. The Morgan fingerprint density at radius 1 is 0.892 bits per heavy atom. The lowest BCUT2D eigenvalue weighted by Crippen LogP contribution is -2.58. The number of methoxy groups -OCH3 is 3. The smallest absolute Gasteiger partial charge is 0.254 e. The summed E-state index contributed by atoms with van der Waals surface area (Å²) in [6, 6.07) is 13.0. The molecule has 1 atom stereocenters. The van der Waals surface area contributed by atoms with Gasteiger partial charge in [0.25, 0.3) is 5.91 Å². The third kappa shape index (κ3) is 6.36. The molecule has 0 unspecified atom stereocenters. The van der Waals surface area contributed by atoms with Crippen molar-refractivity contribution in [2.75, 3.05) is 54.1 Å². The van der Waals surface area contributed by atoms with Crippen molar-refractivity contribution in [3.63, 3.8) is 0 Å². The highest BCUT2D eigenvalue weighted by Gasteiger charge is 2.37. The molecule has 200 valence electrons. The second kappa shape index (κ2) is 12.8. The largest absolute Gasteiger partial charge is 0.496 e. The van der Waals surface area contributed by atoms with E-state index in [9.17, 15) is 9.59 Å². The van der Waals surface area contributed by atoms with E-state index in [1.807, 2.05) is 29.2 Å². The number of rotatable bonds is 10. The monoisotopic (exact) mass is 509 g/mol. The van der Waals surface area contributed by atoms with Crippen molar-refractivity contribution in [2.45, 2.75) is 38.1 Å². The third-order valence-corrected chi connectivity index (χ3v) is 7.63. The lowest BCUT2D eigenvalue weighted by atomic mass is 9.94. The van der Waals surface area contributed by atoms with E-state index < -0.39 is 0 Å². The molecule has 2 amide bonds. The Balaban J connectivity index is 1.36. The van der Waals surface area contributed by atoms with Gasteiger partial charge in [-0.2, -0.15) is 0 Å². The van der Waals surface area contributed by atoms with Crippen molar-refractivity contribution >= 4 is 11.8 Å². The van der Waals surface area contributed by atoms with Gasteiger partial charge < -0.3 is 24.4 Å². The average Bonchev–Trinajstić information content (AvgIpc) is 3.47. The third-order valence-electron chi connectivity index (χ3n) is 7.63. The molecule has 2 aromatic rings. The summed E-state index contributed by atoms with van der Waals surface area (Å²) < 4.78 is 16.1. The molecule has 1 saturated carbocycles. The number of carbonyl (C=O) groups is 2. The van der Waals surface area contributed by atoms with E-state index in [-0.39, 0.29) is 17.9 Å². The minimum absolute atomic E-state index is 0.0284. The van der Waals surface area contributed by atoms with Crippen LogP contribution in [0, 0.1) is 5.92 Å². The Morgan fingerprint density at radius 2 is 1.57 bits per heavy atom. The predicted octanol–water partition coefficient (Wildman–Crippen LogP) is 3.39. The average molecular weight is 510 g/mol. The van der Waals surface area contributed by atoms with Crippen LogP contribution in [0.5, 0.6) is 17.2 Å². The molecule has 1 N–H and O–H groups in total. The number of ether oxygens (including phenoxy) is 3. The highest BCUT2D eigenvalue weighted by atomic mass is 16.5. The Kier molecular flexibility index (Phi) is 9.28. The molecule has 1 aliphatic carbocycles. The fraction of sp³-hybridized carbons (Fsp3) is 0.517. The van der Waals surface area contributed by atoms with Crippen molar-refractivity contribution in [1.82, 2.24) is 15.1 Å². The Hall–Kier alpha value is -3.26. The maximum absolute atomic E-state index is 13.5. The van der Waals surface area contributed by atoms with Crippen LogP contribution in [0.2, 0.25) is 0 Å². The van der Waals surface area contributed by atoms with Crippen LogP contribution < -0.4 is 19.5 Å². The van der Waals surface area contributed by atoms with Crippen LogP contribution in [0.1, 0.15) is 41.6 Å². The first-order valence-corrected chi connectivity index (χ1v) is 13.2. The van der Waals surface area contributed by atoms with Crippen molar-refractivity contribution in [2.24, 2.45) is 5.92 Å². The summed E-state index contributed by atoms with van der Waals surface area (Å²) in [7, 11) is 4.81. The number of carbonyl (C=O) groups excluding carboxylic acids is 2. The van der Waals surface area contributed by atoms with Crippen LogP contribution in [-0.2, 0) is 11.2 Å². The molecule has 0 radical (unpaired) electrons. The molecule has 8 heteroatoms. The molecule has 4 rings (SSSR count). The van der Waals surface area contributed by atoms with E-state index in [1.54, 1.807) is 39.5 Å². The first-order chi connectivity index (χ1) is 18.0. The van der Waals surface area contributed by atoms with Gasteiger partial charge in [-0.1, -0.05) is 31.0 Å². The van der Waals surface area contributed by atoms with Crippen LogP contribution in [-0.4, -0.2) is 81.7 Å². The van der Waals surface area contributed by atoms with Crippen LogP contribution in [0.4, 0.5) is 0 Å². The van der Waals surface area contributed by atoms with E-state index in [0.717, 1.165) is 30.6 Å². The molecule has 2 fully saturated rings. The van der Waals surface area contributed by atoms with Gasteiger partial charge in [-0.25, -0.2) is 0 Å². The summed E-state index contributed by atoms with van der Waals surface area (Å²) >= 11 is 0. The van der Waals surface area contributed by atoms with Crippen molar-refractivity contribution in [3.8, 4) is 17.2 Å². The molecule has 37 heavy (non-hydrogen) atoms. The van der Waals surface area contributed by atoms with E-state index in [4.69, 9.17) is 14.2 Å². The van der Waals surface area contributed by atoms with Gasteiger partial charge in [-0.15, -0.1) is 0 Å². The zero-order valence-electron chi connectivity index (χ0n) is 22.2. The fourth-order valence-corrected chi connectivity index (χ4v) is 5.64. The van der Waals surface area contributed by atoms with Gasteiger partial charge in [0, 0.05) is 38.3 Å². The zero-order chi connectivity index (χ0) is 26.2. The number of amides is 2. The second-order valence-corrected chi connectivity index (χ2v) is 9.74. The molecule has 1 heterocycles. The summed E-state index contributed by atoms with van der Waals surface area (Å²) in [5.74, 6) is 2.41. The first kappa shape index (κ1) is 26.8. The normalized spacial score (nSPS) is 17.3. The highest BCUT2D eigenvalue weighted by Crippen LogP contribution is 2.32. The Morgan fingerprint density at radius 3 is 2.24 bits per heavy atom. The van der Waals surface area contributed by atoms with Crippen LogP contribution >= 0.6 is 0 Å². The Bertz CT molecular complexity index is 1060. The van der Waals surface area contributed by atoms with Crippen LogP contribution in [0.15, 0.2) is 42.5 Å². The molecule has 8 nitrogen and oxygen atoms in total. The van der Waals surface area contributed by atoms with Crippen molar-refractivity contribution in [1.29, 1.82) is 0 Å². The summed E-state index contributed by atoms with van der Waals surface area (Å²) in [4.78, 5) is 30.8. The molecule has 0 aromatic heterocycles. The summed E-state index contributed by atoms with van der Waals surface area (Å²) in [5.41, 5.74) is 1.66. The lowest BCUT2D eigenvalue weighted by molar-refractivity contribution is -0.129. The number of hydrogen-bond acceptors (Lipinski definition) is 6. The van der Waals surface area contributed by atoms with Crippen molar-refractivity contribution < 1.29 is 23.8 Å². The first-order valence-electron chi connectivity index (χ1n) is 13.2. The molecule has 1 saturated heterocycles. The zero-order valence-corrected chi connectivity index (χ0v) is 22.2. The van der Waals surface area contributed by atoms with Gasteiger partial charge in [0.1, 0.15) is 5.75 Å². The minimum atomic E-state index is -0.154. The molecule has 1 aliphatic heterocycles. The van der Waals surface area contributed by atoms with Crippen LogP contribution in [0.25, 0.3) is 0 Å². The number of benzene rings is 2. The number of para-hydroxylation sites is 1. The van der Waals surface area contributed by atoms with Crippen molar-refractivity contribution in [3.05, 3.63) is 53.6 Å². The summed E-state index contributed by atoms with van der Waals surface area (Å²) in [6.07, 6.45) is 5.23. The van der Waals surface area contributed by atoms with Gasteiger partial charge >= 0.3 is 0 Å². The maximum atomic E-state index is 13.5. The van der Waals surface area contributed by atoms with Gasteiger partial charge in [0.2, 0.25) is 5.91 Å². The maximum Gasteiger partial charge on any atom is 0.254 e. The molecule has 2 aliphatic rings. The quantitative estimate of drug-likeness (QED) is 0.529. The van der Waals surface area contributed by atoms with E-state index in [1.165, 1.54) is 12.8 Å². The Labute approximate surface area is 219 Å². The second-order valence-electron chi connectivity index (χ2n) is 9.74. The highest BCUT2D eigenvalue weighted by molar-refractivity contribution is 5.95. The molecular formula is C29H39N3O5. The fourth-order valence-electron chi connectivity index (χ4n) is 5.64.